The van der Waals surface area contributed by atoms with Gasteiger partial charge in [0.25, 0.3) is 0 Å². The minimum atomic E-state index is 0.318. The molecule has 0 amide bonds. The van der Waals surface area contributed by atoms with Crippen molar-refractivity contribution in [2.75, 3.05) is 26.2 Å². The van der Waals surface area contributed by atoms with E-state index in [1.165, 1.54) is 22.2 Å². The molecule has 164 valence electrons. The van der Waals surface area contributed by atoms with E-state index in [1.807, 2.05) is 6.33 Å². The molecule has 1 saturated heterocycles. The minimum Gasteiger partial charge on any atom is -0.331 e. The molecule has 0 aliphatic carbocycles. The molecule has 0 N–H and O–H groups in total. The SMILES string of the molecule is CCCn1cnc2cc(CN3CCN(C(c4ccccc4)c4ccccc4)CC3)ccc21. The van der Waals surface area contributed by atoms with Gasteiger partial charge in [-0.2, -0.15) is 0 Å². The van der Waals surface area contributed by atoms with Gasteiger partial charge in [-0.25, -0.2) is 4.98 Å². The molecule has 1 aromatic heterocycles. The maximum Gasteiger partial charge on any atom is 0.0958 e. The molecule has 5 rings (SSSR count). The van der Waals surface area contributed by atoms with E-state index in [-0.39, 0.29) is 0 Å². The second kappa shape index (κ2) is 9.68. The Morgan fingerprint density at radius 1 is 0.812 bits per heavy atom. The van der Waals surface area contributed by atoms with Crippen molar-refractivity contribution in [2.24, 2.45) is 0 Å². The van der Waals surface area contributed by atoms with Crippen LogP contribution in [-0.4, -0.2) is 45.5 Å². The quantitative estimate of drug-likeness (QED) is 0.399. The van der Waals surface area contributed by atoms with E-state index in [0.29, 0.717) is 6.04 Å². The standard InChI is InChI=1S/C28H32N4/c1-2-15-32-22-29-26-20-23(13-14-27(26)32)21-30-16-18-31(19-17-30)28(24-9-5-3-6-10-24)25-11-7-4-8-12-25/h3-14,20,22,28H,2,15-19,21H2,1H3. The number of nitrogens with zero attached hydrogens (tertiary/aromatic N) is 4. The van der Waals surface area contributed by atoms with Crippen LogP contribution < -0.4 is 0 Å². The molecule has 2 heterocycles. The van der Waals surface area contributed by atoms with Gasteiger partial charge in [-0.05, 0) is 35.2 Å². The highest BCUT2D eigenvalue weighted by molar-refractivity contribution is 5.76. The number of aromatic nitrogens is 2. The molecule has 4 aromatic rings. The van der Waals surface area contributed by atoms with Crippen molar-refractivity contribution >= 4 is 11.0 Å². The highest BCUT2D eigenvalue weighted by atomic mass is 15.3. The lowest BCUT2D eigenvalue weighted by Crippen LogP contribution is -2.47. The van der Waals surface area contributed by atoms with Gasteiger partial charge >= 0.3 is 0 Å². The number of aryl methyl sites for hydroxylation is 1. The monoisotopic (exact) mass is 424 g/mol. The van der Waals surface area contributed by atoms with E-state index in [4.69, 9.17) is 0 Å². The highest BCUT2D eigenvalue weighted by Crippen LogP contribution is 2.29. The third-order valence-corrected chi connectivity index (χ3v) is 6.56. The Labute approximate surface area is 191 Å². The van der Waals surface area contributed by atoms with Crippen molar-refractivity contribution in [3.8, 4) is 0 Å². The Morgan fingerprint density at radius 2 is 1.47 bits per heavy atom. The molecule has 0 saturated carbocycles. The summed E-state index contributed by atoms with van der Waals surface area (Å²) in [4.78, 5) is 9.84. The molecule has 3 aromatic carbocycles. The van der Waals surface area contributed by atoms with Gasteiger partial charge in [-0.3, -0.25) is 9.80 Å². The van der Waals surface area contributed by atoms with Gasteiger partial charge in [0.1, 0.15) is 0 Å². The summed E-state index contributed by atoms with van der Waals surface area (Å²) < 4.78 is 2.26. The molecule has 0 atom stereocenters. The number of piperazine rings is 1. The molecule has 4 nitrogen and oxygen atoms in total. The minimum absolute atomic E-state index is 0.318. The lowest BCUT2D eigenvalue weighted by molar-refractivity contribution is 0.105. The summed E-state index contributed by atoms with van der Waals surface area (Å²) in [6.07, 6.45) is 3.11. The molecule has 1 fully saturated rings. The van der Waals surface area contributed by atoms with Gasteiger partial charge in [0.2, 0.25) is 0 Å². The van der Waals surface area contributed by atoms with Crippen LogP contribution in [0, 0.1) is 0 Å². The summed E-state index contributed by atoms with van der Waals surface area (Å²) in [5.41, 5.74) is 6.47. The molecule has 0 bridgehead atoms. The van der Waals surface area contributed by atoms with Crippen LogP contribution in [0.5, 0.6) is 0 Å². The van der Waals surface area contributed by atoms with Crippen molar-refractivity contribution in [1.82, 2.24) is 19.4 Å². The second-order valence-electron chi connectivity index (χ2n) is 8.80. The maximum atomic E-state index is 4.63. The molecular formula is C28H32N4. The zero-order valence-corrected chi connectivity index (χ0v) is 18.9. The number of benzene rings is 3. The van der Waals surface area contributed by atoms with Crippen LogP contribution in [0.2, 0.25) is 0 Å². The zero-order valence-electron chi connectivity index (χ0n) is 18.9. The fourth-order valence-electron chi connectivity index (χ4n) is 4.95. The first-order valence-electron chi connectivity index (χ1n) is 11.8. The van der Waals surface area contributed by atoms with Crippen LogP contribution in [0.3, 0.4) is 0 Å². The van der Waals surface area contributed by atoms with Crippen molar-refractivity contribution in [3.05, 3.63) is 102 Å². The van der Waals surface area contributed by atoms with Gasteiger partial charge in [-0.15, -0.1) is 0 Å². The number of hydrogen-bond acceptors (Lipinski definition) is 3. The van der Waals surface area contributed by atoms with Crippen LogP contribution >= 0.6 is 0 Å². The number of imidazole rings is 1. The van der Waals surface area contributed by atoms with Crippen molar-refractivity contribution in [2.45, 2.75) is 32.5 Å². The van der Waals surface area contributed by atoms with Gasteiger partial charge < -0.3 is 4.57 Å². The van der Waals surface area contributed by atoms with E-state index >= 15 is 0 Å². The van der Waals surface area contributed by atoms with Crippen molar-refractivity contribution < 1.29 is 0 Å². The third-order valence-electron chi connectivity index (χ3n) is 6.56. The molecule has 0 spiro atoms. The molecule has 1 aliphatic rings. The Balaban J connectivity index is 1.27. The Kier molecular flexibility index (Phi) is 6.33. The first-order chi connectivity index (χ1) is 15.8. The van der Waals surface area contributed by atoms with Crippen LogP contribution in [0.4, 0.5) is 0 Å². The van der Waals surface area contributed by atoms with Crippen molar-refractivity contribution in [1.29, 1.82) is 0 Å². The molecule has 1 aliphatic heterocycles. The topological polar surface area (TPSA) is 24.3 Å². The lowest BCUT2D eigenvalue weighted by atomic mass is 9.96. The Hall–Kier alpha value is -2.95. The van der Waals surface area contributed by atoms with E-state index in [1.54, 1.807) is 0 Å². The van der Waals surface area contributed by atoms with Crippen molar-refractivity contribution in [3.63, 3.8) is 0 Å². The van der Waals surface area contributed by atoms with Crippen LogP contribution in [-0.2, 0) is 13.1 Å². The first-order valence-corrected chi connectivity index (χ1v) is 11.8. The zero-order chi connectivity index (χ0) is 21.8. The average Bonchev–Trinajstić information content (AvgIpc) is 3.24. The third kappa shape index (κ3) is 4.47. The fraction of sp³-hybridized carbons (Fsp3) is 0.321. The predicted molar refractivity (Wildman–Crippen MR) is 132 cm³/mol. The summed E-state index contributed by atoms with van der Waals surface area (Å²) in [5.74, 6) is 0. The molecule has 4 heteroatoms. The number of rotatable bonds is 7. The molecule has 0 radical (unpaired) electrons. The van der Waals surface area contributed by atoms with Gasteiger partial charge in [0.15, 0.2) is 0 Å². The summed E-state index contributed by atoms with van der Waals surface area (Å²) in [6, 6.07) is 29.0. The van der Waals surface area contributed by atoms with Gasteiger partial charge in [0.05, 0.1) is 23.4 Å². The largest absolute Gasteiger partial charge is 0.331 e. The maximum absolute atomic E-state index is 4.63. The number of fused-ring (bicyclic) bond motifs is 1. The van der Waals surface area contributed by atoms with E-state index in [2.05, 4.69) is 105 Å². The molecular weight excluding hydrogens is 392 g/mol. The Bertz CT molecular complexity index is 1090. The van der Waals surface area contributed by atoms with E-state index in [0.717, 1.165) is 51.2 Å². The fourth-order valence-corrected chi connectivity index (χ4v) is 4.95. The van der Waals surface area contributed by atoms with Gasteiger partial charge in [0, 0.05) is 39.3 Å². The van der Waals surface area contributed by atoms with Crippen LogP contribution in [0.25, 0.3) is 11.0 Å². The first kappa shape index (κ1) is 20.9. The smallest absolute Gasteiger partial charge is 0.0958 e. The normalized spacial score (nSPS) is 15.6. The average molecular weight is 425 g/mol. The van der Waals surface area contributed by atoms with E-state index in [9.17, 15) is 0 Å². The summed E-state index contributed by atoms with van der Waals surface area (Å²) >= 11 is 0. The van der Waals surface area contributed by atoms with Crippen LogP contribution in [0.1, 0.15) is 36.1 Å². The van der Waals surface area contributed by atoms with Crippen LogP contribution in [0.15, 0.2) is 85.2 Å². The molecule has 32 heavy (non-hydrogen) atoms. The predicted octanol–water partition coefficient (Wildman–Crippen LogP) is 5.35. The highest BCUT2D eigenvalue weighted by Gasteiger charge is 2.26. The van der Waals surface area contributed by atoms with Gasteiger partial charge in [-0.1, -0.05) is 73.7 Å². The summed E-state index contributed by atoms with van der Waals surface area (Å²) in [7, 11) is 0. The molecule has 0 unspecified atom stereocenters. The summed E-state index contributed by atoms with van der Waals surface area (Å²) in [5, 5.41) is 0. The second-order valence-corrected chi connectivity index (χ2v) is 8.80. The lowest BCUT2D eigenvalue weighted by Gasteiger charge is -2.39. The summed E-state index contributed by atoms with van der Waals surface area (Å²) in [6.45, 7) is 8.54. The Morgan fingerprint density at radius 3 is 2.09 bits per heavy atom. The number of hydrogen-bond donors (Lipinski definition) is 0. The van der Waals surface area contributed by atoms with E-state index < -0.39 is 0 Å².